The minimum Gasteiger partial charge on any atom is -0.338 e. The molecule has 1 N–H and O–H groups in total. The molecule has 1 aromatic carbocycles. The molecule has 110 valence electrons. The number of nitrogens with one attached hydrogen (secondary N) is 1. The third-order valence-corrected chi connectivity index (χ3v) is 5.15. The second-order valence-corrected chi connectivity index (χ2v) is 6.48. The van der Waals surface area contributed by atoms with Gasteiger partial charge in [0.05, 0.1) is 4.90 Å². The zero-order valence-electron chi connectivity index (χ0n) is 11.4. The van der Waals surface area contributed by atoms with E-state index in [2.05, 4.69) is 5.32 Å². The molecule has 1 saturated heterocycles. The van der Waals surface area contributed by atoms with Gasteiger partial charge in [0.15, 0.2) is 0 Å². The van der Waals surface area contributed by atoms with Crippen LogP contribution in [0.25, 0.3) is 0 Å². The van der Waals surface area contributed by atoms with Crippen molar-refractivity contribution < 1.29 is 13.2 Å². The lowest BCUT2D eigenvalue weighted by Gasteiger charge is -2.33. The van der Waals surface area contributed by atoms with Gasteiger partial charge in [-0.2, -0.15) is 4.31 Å². The average molecular weight is 297 g/mol. The van der Waals surface area contributed by atoms with Gasteiger partial charge < -0.3 is 10.2 Å². The lowest BCUT2D eigenvalue weighted by Crippen LogP contribution is -2.53. The van der Waals surface area contributed by atoms with Crippen molar-refractivity contribution in [3.05, 3.63) is 30.3 Å². The Kier molecular flexibility index (Phi) is 4.61. The van der Waals surface area contributed by atoms with Crippen LogP contribution in [0.1, 0.15) is 6.92 Å². The van der Waals surface area contributed by atoms with Crippen molar-refractivity contribution in [3.8, 4) is 0 Å². The van der Waals surface area contributed by atoms with Gasteiger partial charge in [0.2, 0.25) is 10.0 Å². The summed E-state index contributed by atoms with van der Waals surface area (Å²) in [6.07, 6.45) is 0. The monoisotopic (exact) mass is 297 g/mol. The van der Waals surface area contributed by atoms with Gasteiger partial charge in [0, 0.05) is 32.7 Å². The van der Waals surface area contributed by atoms with Gasteiger partial charge in [-0.25, -0.2) is 13.2 Å². The standard InChI is InChI=1S/C13H19N3O3S/c1-2-14-13(17)15-8-10-16(11-9-15)20(18,19)12-6-4-3-5-7-12/h3-7H,2,8-11H2,1H3,(H,14,17). The minimum atomic E-state index is -3.45. The molecule has 2 amide bonds. The molecule has 0 unspecified atom stereocenters. The van der Waals surface area contributed by atoms with Crippen LogP contribution in [0.15, 0.2) is 35.2 Å². The highest BCUT2D eigenvalue weighted by Crippen LogP contribution is 2.17. The first-order chi connectivity index (χ1) is 9.55. The largest absolute Gasteiger partial charge is 0.338 e. The Morgan fingerprint density at radius 2 is 1.75 bits per heavy atom. The highest BCUT2D eigenvalue weighted by Gasteiger charge is 2.29. The van der Waals surface area contributed by atoms with Gasteiger partial charge in [-0.15, -0.1) is 0 Å². The first kappa shape index (κ1) is 14.8. The van der Waals surface area contributed by atoms with Gasteiger partial charge in [0.1, 0.15) is 0 Å². The summed E-state index contributed by atoms with van der Waals surface area (Å²) in [4.78, 5) is 13.6. The first-order valence-electron chi connectivity index (χ1n) is 6.63. The maximum atomic E-state index is 12.4. The summed E-state index contributed by atoms with van der Waals surface area (Å²) in [6, 6.07) is 8.24. The Hall–Kier alpha value is -1.60. The van der Waals surface area contributed by atoms with Crippen molar-refractivity contribution in [2.24, 2.45) is 0 Å². The van der Waals surface area contributed by atoms with E-state index in [1.54, 1.807) is 35.2 Å². The Morgan fingerprint density at radius 1 is 1.15 bits per heavy atom. The van der Waals surface area contributed by atoms with E-state index in [9.17, 15) is 13.2 Å². The molecule has 0 aromatic heterocycles. The summed E-state index contributed by atoms with van der Waals surface area (Å²) in [5.41, 5.74) is 0. The molecule has 0 spiro atoms. The van der Waals surface area contributed by atoms with Crippen LogP contribution in [0.2, 0.25) is 0 Å². The van der Waals surface area contributed by atoms with Crippen LogP contribution in [0.5, 0.6) is 0 Å². The number of urea groups is 1. The molecule has 1 fully saturated rings. The van der Waals surface area contributed by atoms with Crippen LogP contribution in [0.4, 0.5) is 4.79 Å². The zero-order chi connectivity index (χ0) is 14.6. The highest BCUT2D eigenvalue weighted by atomic mass is 32.2. The van der Waals surface area contributed by atoms with Crippen LogP contribution < -0.4 is 5.32 Å². The van der Waals surface area contributed by atoms with Crippen LogP contribution in [-0.2, 0) is 10.0 Å². The number of benzene rings is 1. The Bertz CT molecular complexity index is 551. The number of piperazine rings is 1. The Balaban J connectivity index is 2.02. The van der Waals surface area contributed by atoms with Gasteiger partial charge in [0.25, 0.3) is 0 Å². The van der Waals surface area contributed by atoms with Crippen LogP contribution in [0.3, 0.4) is 0 Å². The van der Waals surface area contributed by atoms with Crippen molar-refractivity contribution >= 4 is 16.1 Å². The third kappa shape index (κ3) is 3.10. The molecule has 0 aliphatic carbocycles. The molecule has 0 saturated carbocycles. The summed E-state index contributed by atoms with van der Waals surface area (Å²) < 4.78 is 26.2. The van der Waals surface area contributed by atoms with Gasteiger partial charge in [-0.3, -0.25) is 0 Å². The van der Waals surface area contributed by atoms with E-state index in [0.29, 0.717) is 37.6 Å². The van der Waals surface area contributed by atoms with E-state index in [1.807, 2.05) is 6.92 Å². The molecule has 1 aliphatic heterocycles. The third-order valence-electron chi connectivity index (χ3n) is 3.23. The minimum absolute atomic E-state index is 0.135. The molecule has 2 rings (SSSR count). The van der Waals surface area contributed by atoms with Crippen molar-refractivity contribution in [3.63, 3.8) is 0 Å². The molecule has 1 aromatic rings. The number of sulfonamides is 1. The first-order valence-corrected chi connectivity index (χ1v) is 8.07. The quantitative estimate of drug-likeness (QED) is 0.894. The normalized spacial score (nSPS) is 16.9. The van der Waals surface area contributed by atoms with E-state index < -0.39 is 10.0 Å². The number of rotatable bonds is 3. The molecular formula is C13H19N3O3S. The fourth-order valence-electron chi connectivity index (χ4n) is 2.14. The van der Waals surface area contributed by atoms with Crippen LogP contribution in [-0.4, -0.2) is 56.4 Å². The smallest absolute Gasteiger partial charge is 0.317 e. The molecule has 6 nitrogen and oxygen atoms in total. The number of carbonyl (C=O) groups is 1. The van der Waals surface area contributed by atoms with E-state index in [4.69, 9.17) is 0 Å². The lowest BCUT2D eigenvalue weighted by atomic mass is 10.4. The van der Waals surface area contributed by atoms with E-state index in [1.165, 1.54) is 4.31 Å². The summed E-state index contributed by atoms with van der Waals surface area (Å²) >= 11 is 0. The maximum absolute atomic E-state index is 12.4. The number of hydrogen-bond donors (Lipinski definition) is 1. The number of hydrogen-bond acceptors (Lipinski definition) is 3. The van der Waals surface area contributed by atoms with Gasteiger partial charge >= 0.3 is 6.03 Å². The van der Waals surface area contributed by atoms with Crippen molar-refractivity contribution in [1.82, 2.24) is 14.5 Å². The van der Waals surface area contributed by atoms with Crippen molar-refractivity contribution in [1.29, 1.82) is 0 Å². The average Bonchev–Trinajstić information content (AvgIpc) is 2.48. The van der Waals surface area contributed by atoms with Crippen molar-refractivity contribution in [2.75, 3.05) is 32.7 Å². The summed E-state index contributed by atoms with van der Waals surface area (Å²) in [7, 11) is -3.45. The number of carbonyl (C=O) groups excluding carboxylic acids is 1. The molecule has 0 radical (unpaired) electrons. The van der Waals surface area contributed by atoms with E-state index in [0.717, 1.165) is 0 Å². The fourth-order valence-corrected chi connectivity index (χ4v) is 3.58. The SMILES string of the molecule is CCNC(=O)N1CCN(S(=O)(=O)c2ccccc2)CC1. The fraction of sp³-hybridized carbons (Fsp3) is 0.462. The molecule has 1 aliphatic rings. The van der Waals surface area contributed by atoms with E-state index >= 15 is 0 Å². The summed E-state index contributed by atoms with van der Waals surface area (Å²) in [6.45, 7) is 3.91. The van der Waals surface area contributed by atoms with Gasteiger partial charge in [-0.05, 0) is 19.1 Å². The number of nitrogens with zero attached hydrogens (tertiary/aromatic N) is 2. The maximum Gasteiger partial charge on any atom is 0.317 e. The molecule has 1 heterocycles. The molecule has 0 atom stereocenters. The van der Waals surface area contributed by atoms with Crippen molar-refractivity contribution in [2.45, 2.75) is 11.8 Å². The second-order valence-electron chi connectivity index (χ2n) is 4.54. The molecule has 0 bridgehead atoms. The number of amides is 2. The Labute approximate surface area is 119 Å². The van der Waals surface area contributed by atoms with E-state index in [-0.39, 0.29) is 6.03 Å². The second kappa shape index (κ2) is 6.23. The lowest BCUT2D eigenvalue weighted by molar-refractivity contribution is 0.173. The molecular weight excluding hydrogens is 278 g/mol. The highest BCUT2D eigenvalue weighted by molar-refractivity contribution is 7.89. The van der Waals surface area contributed by atoms with Crippen LogP contribution >= 0.6 is 0 Å². The summed E-state index contributed by atoms with van der Waals surface area (Å²) in [5, 5.41) is 2.72. The molecule has 20 heavy (non-hydrogen) atoms. The summed E-state index contributed by atoms with van der Waals surface area (Å²) in [5.74, 6) is 0. The predicted octanol–water partition coefficient (Wildman–Crippen LogP) is 0.722. The van der Waals surface area contributed by atoms with Gasteiger partial charge in [-0.1, -0.05) is 18.2 Å². The zero-order valence-corrected chi connectivity index (χ0v) is 12.3. The molecule has 7 heteroatoms. The topological polar surface area (TPSA) is 69.7 Å². The predicted molar refractivity (Wildman–Crippen MR) is 75.8 cm³/mol. The Morgan fingerprint density at radius 3 is 2.30 bits per heavy atom. The van der Waals surface area contributed by atoms with Crippen LogP contribution in [0, 0.1) is 0 Å².